The van der Waals surface area contributed by atoms with Crippen molar-refractivity contribution in [1.82, 2.24) is 42.5 Å². The van der Waals surface area contributed by atoms with Crippen LogP contribution >= 0.6 is 0 Å². The van der Waals surface area contributed by atoms with Crippen LogP contribution in [0, 0.1) is 29.6 Å². The van der Waals surface area contributed by atoms with E-state index in [1.807, 2.05) is 13.8 Å². The van der Waals surface area contributed by atoms with Crippen LogP contribution in [0.2, 0.25) is 0 Å². The number of aliphatic carboxylic acids is 1. The predicted octanol–water partition coefficient (Wildman–Crippen LogP) is -1.26. The maximum absolute atomic E-state index is 13.7. The maximum atomic E-state index is 13.7. The Morgan fingerprint density at radius 2 is 0.968 bits per heavy atom. The first kappa shape index (κ1) is 57.8. The van der Waals surface area contributed by atoms with Crippen molar-refractivity contribution in [2.75, 3.05) is 13.1 Å². The number of carboxylic acid groups (broad SMARTS) is 1. The lowest BCUT2D eigenvalue weighted by Gasteiger charge is -2.30. The first-order valence-corrected chi connectivity index (χ1v) is 21.7. The Labute approximate surface area is 371 Å². The molecule has 0 radical (unpaired) electrons. The second kappa shape index (κ2) is 28.5. The average Bonchev–Trinajstić information content (AvgIpc) is 3.19. The molecule has 0 aliphatic heterocycles. The maximum Gasteiger partial charge on any atom is 0.305 e. The molecule has 21 heteroatoms. The van der Waals surface area contributed by atoms with E-state index in [9.17, 15) is 58.2 Å². The van der Waals surface area contributed by atoms with Crippen molar-refractivity contribution in [2.24, 2.45) is 35.3 Å². The van der Waals surface area contributed by atoms with Gasteiger partial charge in [0.2, 0.25) is 47.1 Å². The van der Waals surface area contributed by atoms with Crippen molar-refractivity contribution in [2.45, 2.75) is 164 Å². The van der Waals surface area contributed by atoms with Crippen molar-refractivity contribution < 1.29 is 58.2 Å². The van der Waals surface area contributed by atoms with Gasteiger partial charge in [-0.2, -0.15) is 0 Å². The summed E-state index contributed by atoms with van der Waals surface area (Å²) in [4.78, 5) is 129. The molecule has 12 N–H and O–H groups in total. The molecule has 0 saturated heterocycles. The fraction of sp³-hybridized carbons (Fsp3) is 0.762. The van der Waals surface area contributed by atoms with Gasteiger partial charge in [-0.3, -0.25) is 47.9 Å². The minimum atomic E-state index is -1.50. The van der Waals surface area contributed by atoms with Gasteiger partial charge in [-0.1, -0.05) is 82.1 Å². The summed E-state index contributed by atoms with van der Waals surface area (Å²) < 4.78 is 0. The van der Waals surface area contributed by atoms with E-state index in [1.165, 1.54) is 13.8 Å². The fourth-order valence-corrected chi connectivity index (χ4v) is 6.08. The van der Waals surface area contributed by atoms with Crippen LogP contribution in [0.3, 0.4) is 0 Å². The van der Waals surface area contributed by atoms with Crippen molar-refractivity contribution in [3.8, 4) is 0 Å². The van der Waals surface area contributed by atoms with Crippen LogP contribution in [0.1, 0.15) is 115 Å². The number of aliphatic hydroxyl groups is 1. The van der Waals surface area contributed by atoms with Crippen molar-refractivity contribution in [3.05, 3.63) is 0 Å². The zero-order chi connectivity index (χ0) is 48.9. The third kappa shape index (κ3) is 21.6. The Morgan fingerprint density at radius 3 is 1.41 bits per heavy atom. The molecule has 0 heterocycles. The van der Waals surface area contributed by atoms with Gasteiger partial charge in [0.25, 0.3) is 5.91 Å². The van der Waals surface area contributed by atoms with E-state index < -0.39 is 139 Å². The number of ketones is 1. The van der Waals surface area contributed by atoms with Gasteiger partial charge in [0, 0.05) is 6.04 Å². The summed E-state index contributed by atoms with van der Waals surface area (Å²) in [5, 5.41) is 39.6. The van der Waals surface area contributed by atoms with Gasteiger partial charge in [0.1, 0.15) is 24.2 Å². The molecule has 360 valence electrons. The third-order valence-electron chi connectivity index (χ3n) is 10.4. The van der Waals surface area contributed by atoms with Crippen LogP contribution in [-0.4, -0.2) is 131 Å². The van der Waals surface area contributed by atoms with Crippen molar-refractivity contribution in [1.29, 1.82) is 0 Å². The van der Waals surface area contributed by atoms with Crippen LogP contribution < -0.4 is 48.3 Å². The third-order valence-corrected chi connectivity index (χ3v) is 10.4. The van der Waals surface area contributed by atoms with E-state index in [-0.39, 0.29) is 30.6 Å². The normalized spacial score (nSPS) is 16.1. The van der Waals surface area contributed by atoms with Crippen LogP contribution in [0.5, 0.6) is 0 Å². The highest BCUT2D eigenvalue weighted by Crippen LogP contribution is 2.13. The zero-order valence-electron chi connectivity index (χ0n) is 39.0. The molecule has 10 atom stereocenters. The number of carbonyl (C=O) groups is 10. The van der Waals surface area contributed by atoms with Gasteiger partial charge in [0.15, 0.2) is 0 Å². The van der Waals surface area contributed by atoms with Gasteiger partial charge in [0.05, 0.1) is 37.7 Å². The highest BCUT2D eigenvalue weighted by Gasteiger charge is 2.36. The number of hydrogen-bond donors (Lipinski definition) is 11. The summed E-state index contributed by atoms with van der Waals surface area (Å²) >= 11 is 0. The van der Waals surface area contributed by atoms with Gasteiger partial charge in [-0.05, 0) is 56.3 Å². The largest absolute Gasteiger partial charge is 0.481 e. The molecular formula is C42H75N9O12. The minimum absolute atomic E-state index is 0.00570. The Balaban J connectivity index is 5.87. The molecule has 0 bridgehead atoms. The SMILES string of the molecule is CC[C@H](C)[C@H](NC(=O)CNC(=O)C(=O)[C@@H](NC(=O)CNC(=O)[C@H](CC(C)C)NC(=O)[C@H](C)N)[C@@H](C)CC)C(=O)N[C@@H](CC(C)C)C(=O)N[C@H](C(=O)N[C@H](CC(=O)O)C(C)C)[C@@H](C)O. The molecule has 0 saturated carbocycles. The van der Waals surface area contributed by atoms with Crippen molar-refractivity contribution >= 4 is 59.0 Å². The van der Waals surface area contributed by atoms with Gasteiger partial charge >= 0.3 is 5.97 Å². The highest BCUT2D eigenvalue weighted by molar-refractivity contribution is 6.38. The smallest absolute Gasteiger partial charge is 0.305 e. The van der Waals surface area contributed by atoms with E-state index in [0.29, 0.717) is 12.8 Å². The average molecular weight is 898 g/mol. The minimum Gasteiger partial charge on any atom is -0.481 e. The number of carboxylic acids is 1. The van der Waals surface area contributed by atoms with Gasteiger partial charge in [-0.15, -0.1) is 0 Å². The number of carbonyl (C=O) groups excluding carboxylic acids is 9. The van der Waals surface area contributed by atoms with E-state index >= 15 is 0 Å². The Hall–Kier alpha value is -5.18. The first-order valence-electron chi connectivity index (χ1n) is 21.7. The molecule has 0 unspecified atom stereocenters. The van der Waals surface area contributed by atoms with Crippen molar-refractivity contribution in [3.63, 3.8) is 0 Å². The van der Waals surface area contributed by atoms with Crippen LogP contribution in [-0.2, 0) is 47.9 Å². The molecule has 0 aliphatic rings. The molecule has 0 aliphatic carbocycles. The second-order valence-corrected chi connectivity index (χ2v) is 17.5. The molecule has 63 heavy (non-hydrogen) atoms. The van der Waals surface area contributed by atoms with E-state index in [0.717, 1.165) is 0 Å². The molecule has 21 nitrogen and oxygen atoms in total. The molecule has 0 aromatic rings. The first-order chi connectivity index (χ1) is 29.2. The zero-order valence-corrected chi connectivity index (χ0v) is 39.0. The number of Topliss-reactive ketones (excluding diaryl/α,β-unsaturated/α-hetero) is 1. The molecule has 0 fully saturated rings. The molecule has 0 aromatic carbocycles. The number of rotatable bonds is 29. The number of hydrogen-bond acceptors (Lipinski definition) is 12. The number of amides is 8. The summed E-state index contributed by atoms with van der Waals surface area (Å²) in [6, 6.07) is -7.96. The lowest BCUT2D eigenvalue weighted by atomic mass is 9.94. The number of aliphatic hydroxyl groups excluding tert-OH is 1. The topological polar surface area (TPSA) is 333 Å². The Bertz CT molecular complexity index is 1590. The molecule has 0 aromatic heterocycles. The fourth-order valence-electron chi connectivity index (χ4n) is 6.08. The predicted molar refractivity (Wildman–Crippen MR) is 233 cm³/mol. The summed E-state index contributed by atoms with van der Waals surface area (Å²) in [5.74, 6) is -10.2. The van der Waals surface area contributed by atoms with E-state index in [2.05, 4.69) is 42.5 Å². The number of nitrogens with two attached hydrogens (primary N) is 1. The van der Waals surface area contributed by atoms with Gasteiger partial charge in [-0.25, -0.2) is 0 Å². The lowest BCUT2D eigenvalue weighted by molar-refractivity contribution is -0.141. The summed E-state index contributed by atoms with van der Waals surface area (Å²) in [5.41, 5.74) is 5.61. The highest BCUT2D eigenvalue weighted by atomic mass is 16.4. The lowest BCUT2D eigenvalue weighted by Crippen LogP contribution is -2.61. The quantitative estimate of drug-likeness (QED) is 0.0391. The Morgan fingerprint density at radius 1 is 0.524 bits per heavy atom. The van der Waals surface area contributed by atoms with Gasteiger partial charge < -0.3 is 58.5 Å². The van der Waals surface area contributed by atoms with E-state index in [1.54, 1.807) is 55.4 Å². The molecule has 0 spiro atoms. The second-order valence-electron chi connectivity index (χ2n) is 17.5. The van der Waals surface area contributed by atoms with Crippen LogP contribution in [0.4, 0.5) is 0 Å². The molecule has 8 amide bonds. The standard InChI is InChI=1S/C42H75N9O12/c1-13-23(9)33(49-30(53)18-44-38(59)28(15-20(3)4)47-37(58)25(11)43)36(57)42(63)45-19-31(54)50-34(24(10)14-2)40(61)48-29(16-21(5)6)39(60)51-35(26(12)52)41(62)46-27(22(7)8)17-32(55)56/h20-29,33-35,52H,13-19,43H2,1-12H3,(H,44,59)(H,45,63)(H,46,62)(H,47,58)(H,48,61)(H,49,53)(H,50,54)(H,51,60)(H,55,56)/t23-,24-,25-,26+,27+,28-,29-,33-,34-,35-/m0/s1. The summed E-state index contributed by atoms with van der Waals surface area (Å²) in [7, 11) is 0. The van der Waals surface area contributed by atoms with Crippen LogP contribution in [0.25, 0.3) is 0 Å². The summed E-state index contributed by atoms with van der Waals surface area (Å²) in [6.07, 6.45) is -0.704. The number of nitrogens with one attached hydrogen (secondary N) is 8. The monoisotopic (exact) mass is 898 g/mol. The Kier molecular flexibility index (Phi) is 26.2. The van der Waals surface area contributed by atoms with E-state index in [4.69, 9.17) is 5.73 Å². The summed E-state index contributed by atoms with van der Waals surface area (Å²) in [6.45, 7) is 18.9. The molecule has 0 rings (SSSR count). The molecular weight excluding hydrogens is 823 g/mol. The van der Waals surface area contributed by atoms with Crippen LogP contribution in [0.15, 0.2) is 0 Å².